The fourth-order valence-electron chi connectivity index (χ4n) is 3.10. The SMILES string of the molecule is CCCN(CC(=O)N(CCOC)Cc1cccn1C)C(=O)COCc1ccccc1. The first kappa shape index (κ1) is 23.6. The summed E-state index contributed by atoms with van der Waals surface area (Å²) in [5.41, 5.74) is 2.04. The minimum atomic E-state index is -0.174. The van der Waals surface area contributed by atoms with Gasteiger partial charge in [0.05, 0.1) is 26.3 Å². The molecule has 0 bridgehead atoms. The highest BCUT2D eigenvalue weighted by Crippen LogP contribution is 2.07. The number of carbonyl (C=O) groups excluding carboxylic acids is 2. The lowest BCUT2D eigenvalue weighted by Crippen LogP contribution is -2.45. The van der Waals surface area contributed by atoms with Crippen LogP contribution in [0.1, 0.15) is 24.6 Å². The van der Waals surface area contributed by atoms with Crippen LogP contribution < -0.4 is 0 Å². The minimum absolute atomic E-state index is 0.0372. The molecule has 164 valence electrons. The van der Waals surface area contributed by atoms with Crippen LogP contribution in [-0.2, 0) is 39.3 Å². The number of aryl methyl sites for hydroxylation is 1. The monoisotopic (exact) mass is 415 g/mol. The van der Waals surface area contributed by atoms with E-state index in [1.165, 1.54) is 0 Å². The molecule has 0 fully saturated rings. The number of rotatable bonds is 13. The van der Waals surface area contributed by atoms with E-state index in [9.17, 15) is 9.59 Å². The molecule has 2 amide bonds. The molecule has 0 saturated heterocycles. The standard InChI is InChI=1S/C23H33N3O4/c1-4-12-25(23(28)19-30-18-20-9-6-5-7-10-20)17-22(27)26(14-15-29-3)16-21-11-8-13-24(21)2/h5-11,13H,4,12,14-19H2,1-3H3. The number of carbonyl (C=O) groups is 2. The molecule has 7 nitrogen and oxygen atoms in total. The molecule has 2 rings (SSSR count). The van der Waals surface area contributed by atoms with E-state index in [0.717, 1.165) is 17.7 Å². The first-order valence-electron chi connectivity index (χ1n) is 10.3. The molecule has 7 heteroatoms. The Kier molecular flexibility index (Phi) is 10.1. The Bertz CT molecular complexity index is 776. The van der Waals surface area contributed by atoms with E-state index < -0.39 is 0 Å². The predicted octanol–water partition coefficient (Wildman–Crippen LogP) is 2.46. The number of aromatic nitrogens is 1. The lowest BCUT2D eigenvalue weighted by molar-refractivity contribution is -0.144. The van der Waals surface area contributed by atoms with E-state index >= 15 is 0 Å². The second-order valence-corrected chi connectivity index (χ2v) is 7.21. The van der Waals surface area contributed by atoms with E-state index in [2.05, 4.69) is 0 Å². The quantitative estimate of drug-likeness (QED) is 0.504. The van der Waals surface area contributed by atoms with Crippen LogP contribution >= 0.6 is 0 Å². The van der Waals surface area contributed by atoms with E-state index in [4.69, 9.17) is 9.47 Å². The zero-order valence-electron chi connectivity index (χ0n) is 18.3. The molecular weight excluding hydrogens is 382 g/mol. The Morgan fingerprint density at radius 1 is 1.00 bits per heavy atom. The number of hydrogen-bond donors (Lipinski definition) is 0. The van der Waals surface area contributed by atoms with Gasteiger partial charge in [-0.2, -0.15) is 0 Å². The topological polar surface area (TPSA) is 64.0 Å². The van der Waals surface area contributed by atoms with Crippen molar-refractivity contribution < 1.29 is 19.1 Å². The summed E-state index contributed by atoms with van der Waals surface area (Å²) < 4.78 is 12.7. The van der Waals surface area contributed by atoms with Gasteiger partial charge >= 0.3 is 0 Å². The third kappa shape index (κ3) is 7.65. The maximum Gasteiger partial charge on any atom is 0.249 e. The Balaban J connectivity index is 1.94. The van der Waals surface area contributed by atoms with Crippen molar-refractivity contribution in [3.05, 3.63) is 59.9 Å². The molecule has 2 aromatic rings. The van der Waals surface area contributed by atoms with Crippen molar-refractivity contribution >= 4 is 11.8 Å². The van der Waals surface area contributed by atoms with Crippen LogP contribution in [0.3, 0.4) is 0 Å². The van der Waals surface area contributed by atoms with Crippen LogP contribution in [0, 0.1) is 0 Å². The van der Waals surface area contributed by atoms with Gasteiger partial charge in [0.15, 0.2) is 0 Å². The van der Waals surface area contributed by atoms with Gasteiger partial charge in [0.1, 0.15) is 6.61 Å². The molecule has 0 saturated carbocycles. The van der Waals surface area contributed by atoms with Crippen molar-refractivity contribution in [2.75, 3.05) is 40.0 Å². The van der Waals surface area contributed by atoms with E-state index in [-0.39, 0.29) is 25.0 Å². The fourth-order valence-corrected chi connectivity index (χ4v) is 3.10. The number of methoxy groups -OCH3 is 1. The highest BCUT2D eigenvalue weighted by molar-refractivity contribution is 5.85. The van der Waals surface area contributed by atoms with Gasteiger partial charge in [0.2, 0.25) is 11.8 Å². The molecule has 0 aliphatic carbocycles. The summed E-state index contributed by atoms with van der Waals surface area (Å²) in [5, 5.41) is 0. The highest BCUT2D eigenvalue weighted by atomic mass is 16.5. The van der Waals surface area contributed by atoms with Crippen LogP contribution in [0.15, 0.2) is 48.7 Å². The normalized spacial score (nSPS) is 10.8. The summed E-state index contributed by atoms with van der Waals surface area (Å²) in [4.78, 5) is 29.0. The summed E-state index contributed by atoms with van der Waals surface area (Å²) in [6.07, 6.45) is 2.72. The molecule has 30 heavy (non-hydrogen) atoms. The maximum atomic E-state index is 13.0. The van der Waals surface area contributed by atoms with Gasteiger partial charge in [-0.15, -0.1) is 0 Å². The smallest absolute Gasteiger partial charge is 0.249 e. The maximum absolute atomic E-state index is 13.0. The van der Waals surface area contributed by atoms with Crippen molar-refractivity contribution in [3.8, 4) is 0 Å². The lowest BCUT2D eigenvalue weighted by atomic mass is 10.2. The molecule has 1 aromatic heterocycles. The van der Waals surface area contributed by atoms with Crippen LogP contribution in [0.25, 0.3) is 0 Å². The van der Waals surface area contributed by atoms with Crippen LogP contribution in [-0.4, -0.2) is 66.1 Å². The summed E-state index contributed by atoms with van der Waals surface area (Å²) in [7, 11) is 3.56. The third-order valence-corrected chi connectivity index (χ3v) is 4.83. The molecule has 0 radical (unpaired) electrons. The van der Waals surface area contributed by atoms with E-state index in [1.807, 2.05) is 67.2 Å². The van der Waals surface area contributed by atoms with Gasteiger partial charge in [0.25, 0.3) is 0 Å². The summed E-state index contributed by atoms with van der Waals surface area (Å²) in [6.45, 7) is 4.26. The molecule has 1 aromatic carbocycles. The second kappa shape index (κ2) is 12.8. The van der Waals surface area contributed by atoms with Crippen LogP contribution in [0.2, 0.25) is 0 Å². The van der Waals surface area contributed by atoms with Gasteiger partial charge < -0.3 is 23.8 Å². The molecule has 1 heterocycles. The zero-order chi connectivity index (χ0) is 21.8. The van der Waals surface area contributed by atoms with Gasteiger partial charge in [-0.1, -0.05) is 37.3 Å². The Morgan fingerprint density at radius 2 is 1.77 bits per heavy atom. The second-order valence-electron chi connectivity index (χ2n) is 7.21. The largest absolute Gasteiger partial charge is 0.383 e. The molecule has 0 N–H and O–H groups in total. The van der Waals surface area contributed by atoms with Crippen LogP contribution in [0.5, 0.6) is 0 Å². The Morgan fingerprint density at radius 3 is 2.40 bits per heavy atom. The molecule has 0 aliphatic heterocycles. The van der Waals surface area contributed by atoms with Gasteiger partial charge in [-0.25, -0.2) is 0 Å². The number of amides is 2. The molecule has 0 unspecified atom stereocenters. The van der Waals surface area contributed by atoms with E-state index in [0.29, 0.717) is 32.8 Å². The Hall–Kier alpha value is -2.64. The first-order valence-corrected chi connectivity index (χ1v) is 10.3. The van der Waals surface area contributed by atoms with Gasteiger partial charge in [-0.3, -0.25) is 9.59 Å². The minimum Gasteiger partial charge on any atom is -0.383 e. The average molecular weight is 416 g/mol. The summed E-state index contributed by atoms with van der Waals surface area (Å²) in [5.74, 6) is -0.273. The lowest BCUT2D eigenvalue weighted by Gasteiger charge is -2.27. The van der Waals surface area contributed by atoms with Crippen molar-refractivity contribution in [1.82, 2.24) is 14.4 Å². The average Bonchev–Trinajstić information content (AvgIpc) is 3.15. The highest BCUT2D eigenvalue weighted by Gasteiger charge is 2.21. The first-order chi connectivity index (χ1) is 14.5. The fraction of sp³-hybridized carbons (Fsp3) is 0.478. The van der Waals surface area contributed by atoms with E-state index in [1.54, 1.807) is 16.9 Å². The molecule has 0 spiro atoms. The third-order valence-electron chi connectivity index (χ3n) is 4.83. The Labute approximate surface area is 179 Å². The summed E-state index contributed by atoms with van der Waals surface area (Å²) >= 11 is 0. The number of ether oxygens (including phenoxy) is 2. The van der Waals surface area contributed by atoms with Crippen molar-refractivity contribution in [1.29, 1.82) is 0 Å². The molecular formula is C23H33N3O4. The number of benzene rings is 1. The predicted molar refractivity (Wildman–Crippen MR) is 116 cm³/mol. The van der Waals surface area contributed by atoms with Gasteiger partial charge in [-0.05, 0) is 24.1 Å². The number of hydrogen-bond acceptors (Lipinski definition) is 4. The van der Waals surface area contributed by atoms with Crippen molar-refractivity contribution in [3.63, 3.8) is 0 Å². The van der Waals surface area contributed by atoms with Crippen molar-refractivity contribution in [2.45, 2.75) is 26.5 Å². The number of nitrogens with zero attached hydrogens (tertiary/aromatic N) is 3. The van der Waals surface area contributed by atoms with Crippen LogP contribution in [0.4, 0.5) is 0 Å². The molecule has 0 aliphatic rings. The molecule has 0 atom stereocenters. The van der Waals surface area contributed by atoms with Gasteiger partial charge in [0, 0.05) is 39.1 Å². The van der Waals surface area contributed by atoms with Crippen molar-refractivity contribution in [2.24, 2.45) is 7.05 Å². The summed E-state index contributed by atoms with van der Waals surface area (Å²) in [6, 6.07) is 13.6. The zero-order valence-corrected chi connectivity index (χ0v) is 18.3.